The van der Waals surface area contributed by atoms with Gasteiger partial charge in [0.1, 0.15) is 11.5 Å². The summed E-state index contributed by atoms with van der Waals surface area (Å²) in [4.78, 5) is 25.2. The van der Waals surface area contributed by atoms with Crippen LogP contribution in [-0.2, 0) is 11.6 Å². The molecule has 0 spiro atoms. The van der Waals surface area contributed by atoms with E-state index in [1.165, 1.54) is 10.5 Å². The number of imidazole rings is 1. The van der Waals surface area contributed by atoms with E-state index in [9.17, 15) is 18.0 Å². The van der Waals surface area contributed by atoms with E-state index in [1.807, 2.05) is 0 Å². The number of nitrogens with one attached hydrogen (secondary N) is 1. The molecule has 1 amide bonds. The number of amides is 1. The summed E-state index contributed by atoms with van der Waals surface area (Å²) in [6, 6.07) is 10.8. The molecule has 0 unspecified atom stereocenters. The molecule has 0 saturated heterocycles. The lowest BCUT2D eigenvalue weighted by Gasteiger charge is -2.16. The van der Waals surface area contributed by atoms with Crippen LogP contribution in [0, 0.1) is 6.92 Å². The van der Waals surface area contributed by atoms with E-state index in [-0.39, 0.29) is 0 Å². The highest BCUT2D eigenvalue weighted by molar-refractivity contribution is 5.93. The fourth-order valence-electron chi connectivity index (χ4n) is 4.13. The molecule has 3 aromatic heterocycles. The van der Waals surface area contributed by atoms with Crippen LogP contribution in [0.25, 0.3) is 17.0 Å². The van der Waals surface area contributed by atoms with Crippen molar-refractivity contribution in [1.82, 2.24) is 24.8 Å². The van der Waals surface area contributed by atoms with Crippen LogP contribution >= 0.6 is 0 Å². The number of carbonyl (C=O) groups is 1. The van der Waals surface area contributed by atoms with Crippen LogP contribution in [0.15, 0.2) is 54.9 Å². The van der Waals surface area contributed by atoms with Crippen LogP contribution in [0.2, 0.25) is 0 Å². The van der Waals surface area contributed by atoms with E-state index in [1.54, 1.807) is 48.9 Å². The normalized spacial score (nSPS) is 14.9. The lowest BCUT2D eigenvalue weighted by Crippen LogP contribution is -2.19. The largest absolute Gasteiger partial charge is 0.417 e. The van der Waals surface area contributed by atoms with Crippen molar-refractivity contribution in [2.75, 3.05) is 0 Å². The van der Waals surface area contributed by atoms with Gasteiger partial charge in [-0.2, -0.15) is 13.2 Å². The van der Waals surface area contributed by atoms with Crippen LogP contribution < -0.4 is 5.48 Å². The highest BCUT2D eigenvalue weighted by Crippen LogP contribution is 2.52. The smallest absolute Gasteiger partial charge is 0.297 e. The van der Waals surface area contributed by atoms with Crippen molar-refractivity contribution in [3.63, 3.8) is 0 Å². The number of aryl methyl sites for hydroxylation is 1. The number of carbonyl (C=O) groups excluding carboxylic acids is 1. The summed E-state index contributed by atoms with van der Waals surface area (Å²) in [6.07, 6.45) is -0.252. The van der Waals surface area contributed by atoms with E-state index in [4.69, 9.17) is 10.2 Å². The molecule has 1 saturated carbocycles. The fraction of sp³-hybridized carbons (Fsp3) is 0.217. The number of hydrogen-bond acceptors (Lipinski definition) is 5. The van der Waals surface area contributed by atoms with Crippen molar-refractivity contribution in [1.29, 1.82) is 0 Å². The van der Waals surface area contributed by atoms with E-state index in [0.29, 0.717) is 34.1 Å². The molecular weight excluding hydrogens is 435 g/mol. The molecule has 1 aliphatic carbocycles. The predicted octanol–water partition coefficient (Wildman–Crippen LogP) is 4.32. The number of rotatable bonds is 4. The molecule has 1 aliphatic rings. The molecule has 0 radical (unpaired) electrons. The Morgan fingerprint density at radius 2 is 1.82 bits per heavy atom. The van der Waals surface area contributed by atoms with E-state index in [0.717, 1.165) is 30.7 Å². The summed E-state index contributed by atoms with van der Waals surface area (Å²) in [6.45, 7) is 1.73. The molecule has 0 bridgehead atoms. The molecule has 0 aliphatic heterocycles. The van der Waals surface area contributed by atoms with Crippen LogP contribution in [0.5, 0.6) is 0 Å². The van der Waals surface area contributed by atoms with Gasteiger partial charge >= 0.3 is 6.18 Å². The molecule has 10 heteroatoms. The van der Waals surface area contributed by atoms with E-state index >= 15 is 0 Å². The standard InChI is InChI=1S/C23H18F3N5O2/c1-13-19(31-12-16(23(24,25)26)6-7-18(31)28-13)17-8-11-27-21(29-17)22(9-10-22)15-4-2-14(3-5-15)20(32)30-33/h2-8,11-12,33H,9-10H2,1H3,(H,30,32). The molecule has 33 heavy (non-hydrogen) atoms. The van der Waals surface area contributed by atoms with Gasteiger partial charge in [0, 0.05) is 18.0 Å². The number of pyridine rings is 1. The lowest BCUT2D eigenvalue weighted by atomic mass is 9.93. The molecule has 4 aromatic rings. The zero-order valence-electron chi connectivity index (χ0n) is 17.4. The zero-order valence-corrected chi connectivity index (χ0v) is 17.4. The van der Waals surface area contributed by atoms with Crippen LogP contribution in [-0.4, -0.2) is 30.5 Å². The molecule has 1 aromatic carbocycles. The third-order valence-corrected chi connectivity index (χ3v) is 6.00. The fourth-order valence-corrected chi connectivity index (χ4v) is 4.13. The van der Waals surface area contributed by atoms with Gasteiger partial charge in [-0.05, 0) is 55.7 Å². The third kappa shape index (κ3) is 3.52. The van der Waals surface area contributed by atoms with Gasteiger partial charge in [0.25, 0.3) is 5.91 Å². The number of halogens is 3. The lowest BCUT2D eigenvalue weighted by molar-refractivity contribution is -0.137. The second kappa shape index (κ2) is 7.38. The summed E-state index contributed by atoms with van der Waals surface area (Å²) in [5, 5.41) is 8.80. The summed E-state index contributed by atoms with van der Waals surface area (Å²) in [5.41, 5.74) is 3.54. The molecule has 7 nitrogen and oxygen atoms in total. The number of alkyl halides is 3. The maximum atomic E-state index is 13.3. The quantitative estimate of drug-likeness (QED) is 0.355. The topological polar surface area (TPSA) is 92.4 Å². The van der Waals surface area contributed by atoms with Crippen molar-refractivity contribution in [2.45, 2.75) is 31.4 Å². The number of aromatic nitrogens is 4. The highest BCUT2D eigenvalue weighted by atomic mass is 19.4. The van der Waals surface area contributed by atoms with E-state index < -0.39 is 23.1 Å². The molecule has 168 valence electrons. The first kappa shape index (κ1) is 21.1. The molecule has 5 rings (SSSR count). The van der Waals surface area contributed by atoms with Crippen LogP contribution in [0.3, 0.4) is 0 Å². The first-order valence-corrected chi connectivity index (χ1v) is 10.2. The first-order chi connectivity index (χ1) is 15.7. The summed E-state index contributed by atoms with van der Waals surface area (Å²) in [5.74, 6) is -0.0494. The zero-order chi connectivity index (χ0) is 23.4. The molecule has 2 N–H and O–H groups in total. The second-order valence-corrected chi connectivity index (χ2v) is 8.06. The Balaban J connectivity index is 1.57. The Bertz CT molecular complexity index is 1380. The number of nitrogens with zero attached hydrogens (tertiary/aromatic N) is 4. The summed E-state index contributed by atoms with van der Waals surface area (Å²) in [7, 11) is 0. The summed E-state index contributed by atoms with van der Waals surface area (Å²) >= 11 is 0. The number of benzene rings is 1. The van der Waals surface area contributed by atoms with Crippen molar-refractivity contribution in [3.8, 4) is 11.4 Å². The monoisotopic (exact) mass is 453 g/mol. The van der Waals surface area contributed by atoms with Gasteiger partial charge < -0.3 is 0 Å². The Morgan fingerprint density at radius 3 is 2.45 bits per heavy atom. The minimum absolute atomic E-state index is 0.313. The van der Waals surface area contributed by atoms with E-state index in [2.05, 4.69) is 9.97 Å². The van der Waals surface area contributed by atoms with Crippen molar-refractivity contribution < 1.29 is 23.2 Å². The number of hydrogen-bond donors (Lipinski definition) is 2. The van der Waals surface area contributed by atoms with Gasteiger partial charge in [-0.1, -0.05) is 12.1 Å². The number of fused-ring (bicyclic) bond motifs is 1. The molecule has 1 fully saturated rings. The average Bonchev–Trinajstić information content (AvgIpc) is 3.55. The minimum atomic E-state index is -4.47. The second-order valence-electron chi connectivity index (χ2n) is 8.06. The van der Waals surface area contributed by atoms with Gasteiger partial charge in [-0.3, -0.25) is 14.4 Å². The maximum absolute atomic E-state index is 13.3. The Kier molecular flexibility index (Phi) is 4.71. The average molecular weight is 453 g/mol. The van der Waals surface area contributed by atoms with Gasteiger partial charge in [-0.15, -0.1) is 0 Å². The minimum Gasteiger partial charge on any atom is -0.297 e. The van der Waals surface area contributed by atoms with Gasteiger partial charge in [0.2, 0.25) is 0 Å². The Morgan fingerprint density at radius 1 is 1.09 bits per heavy atom. The Labute approximate surface area is 185 Å². The van der Waals surface area contributed by atoms with Crippen LogP contribution in [0.1, 0.15) is 45.8 Å². The Hall–Kier alpha value is -3.79. The molecular formula is C23H18F3N5O2. The number of hydroxylamine groups is 1. The molecule has 0 atom stereocenters. The highest BCUT2D eigenvalue weighted by Gasteiger charge is 2.48. The summed E-state index contributed by atoms with van der Waals surface area (Å²) < 4.78 is 41.2. The van der Waals surface area contributed by atoms with Crippen molar-refractivity contribution in [2.24, 2.45) is 0 Å². The van der Waals surface area contributed by atoms with Gasteiger partial charge in [0.15, 0.2) is 0 Å². The SMILES string of the molecule is Cc1nc2ccc(C(F)(F)F)cn2c1-c1ccnc(C2(c3ccc(C(=O)NO)cc3)CC2)n1. The van der Waals surface area contributed by atoms with Gasteiger partial charge in [-0.25, -0.2) is 20.4 Å². The maximum Gasteiger partial charge on any atom is 0.417 e. The predicted molar refractivity (Wildman–Crippen MR) is 112 cm³/mol. The third-order valence-electron chi connectivity index (χ3n) is 6.00. The van der Waals surface area contributed by atoms with Gasteiger partial charge in [0.05, 0.1) is 28.1 Å². The molecule has 3 heterocycles. The first-order valence-electron chi connectivity index (χ1n) is 10.2. The van der Waals surface area contributed by atoms with Crippen molar-refractivity contribution >= 4 is 11.6 Å². The van der Waals surface area contributed by atoms with Crippen molar-refractivity contribution in [3.05, 3.63) is 83.1 Å². The van der Waals surface area contributed by atoms with Crippen LogP contribution in [0.4, 0.5) is 13.2 Å².